The van der Waals surface area contributed by atoms with Crippen molar-refractivity contribution in [1.82, 2.24) is 4.57 Å². The Morgan fingerprint density at radius 2 is 1.94 bits per heavy atom. The Morgan fingerprint density at radius 1 is 1.24 bits per heavy atom. The van der Waals surface area contributed by atoms with Gasteiger partial charge < -0.3 is 4.57 Å². The van der Waals surface area contributed by atoms with Crippen LogP contribution in [0.25, 0.3) is 11.8 Å². The van der Waals surface area contributed by atoms with E-state index in [4.69, 9.17) is 0 Å². The highest BCUT2D eigenvalue weighted by molar-refractivity contribution is 5.49. The first kappa shape index (κ1) is 11.1. The summed E-state index contributed by atoms with van der Waals surface area (Å²) in [6.07, 6.45) is 4.02. The SMILES string of the molecule is O=[N+]([O-])/C=C\c1cccn1-c1ccc(F)cc1. The van der Waals surface area contributed by atoms with Crippen molar-refractivity contribution >= 4 is 6.08 Å². The second-order valence-corrected chi connectivity index (χ2v) is 3.38. The number of rotatable bonds is 3. The van der Waals surface area contributed by atoms with E-state index in [0.29, 0.717) is 5.69 Å². The van der Waals surface area contributed by atoms with E-state index in [0.717, 1.165) is 11.9 Å². The van der Waals surface area contributed by atoms with Crippen LogP contribution in [0.5, 0.6) is 0 Å². The van der Waals surface area contributed by atoms with Gasteiger partial charge in [-0.25, -0.2) is 4.39 Å². The van der Waals surface area contributed by atoms with Crippen LogP contribution in [-0.2, 0) is 0 Å². The molecule has 0 unspecified atom stereocenters. The van der Waals surface area contributed by atoms with Crippen LogP contribution in [0.4, 0.5) is 4.39 Å². The molecule has 0 N–H and O–H groups in total. The van der Waals surface area contributed by atoms with Gasteiger partial charge in [-0.2, -0.15) is 0 Å². The van der Waals surface area contributed by atoms with Crippen molar-refractivity contribution < 1.29 is 9.31 Å². The summed E-state index contributed by atoms with van der Waals surface area (Å²) in [4.78, 5) is 9.72. The Hall–Kier alpha value is -2.43. The largest absolute Gasteiger partial charge is 0.317 e. The van der Waals surface area contributed by atoms with Gasteiger partial charge >= 0.3 is 0 Å². The van der Waals surface area contributed by atoms with Crippen molar-refractivity contribution in [2.24, 2.45) is 0 Å². The third-order valence-electron chi connectivity index (χ3n) is 2.25. The highest BCUT2D eigenvalue weighted by atomic mass is 19.1. The standard InChI is InChI=1S/C12H9FN2O2/c13-10-3-5-12(6-4-10)14-8-1-2-11(14)7-9-15(16)17/h1-9H/b9-7-. The minimum absolute atomic E-state index is 0.316. The fourth-order valence-corrected chi connectivity index (χ4v) is 1.50. The number of nitrogens with zero attached hydrogens (tertiary/aromatic N) is 2. The molecule has 17 heavy (non-hydrogen) atoms. The molecule has 2 rings (SSSR count). The van der Waals surface area contributed by atoms with Crippen LogP contribution in [0.1, 0.15) is 5.69 Å². The minimum Gasteiger partial charge on any atom is -0.317 e. The molecule has 0 saturated carbocycles. The lowest BCUT2D eigenvalue weighted by molar-refractivity contribution is -0.401. The molecule has 1 heterocycles. The third-order valence-corrected chi connectivity index (χ3v) is 2.25. The number of benzene rings is 1. The summed E-state index contributed by atoms with van der Waals surface area (Å²) in [5, 5.41) is 10.2. The Kier molecular flexibility index (Phi) is 3.00. The van der Waals surface area contributed by atoms with Gasteiger partial charge in [0.1, 0.15) is 5.82 Å². The fourth-order valence-electron chi connectivity index (χ4n) is 1.50. The van der Waals surface area contributed by atoms with Crippen LogP contribution in [-0.4, -0.2) is 9.49 Å². The van der Waals surface area contributed by atoms with E-state index in [9.17, 15) is 14.5 Å². The number of halogens is 1. The second-order valence-electron chi connectivity index (χ2n) is 3.38. The summed E-state index contributed by atoms with van der Waals surface area (Å²) >= 11 is 0. The van der Waals surface area contributed by atoms with Gasteiger partial charge in [0.2, 0.25) is 6.20 Å². The number of hydrogen-bond donors (Lipinski definition) is 0. The molecule has 0 radical (unpaired) electrons. The maximum atomic E-state index is 12.8. The molecule has 1 aromatic carbocycles. The van der Waals surface area contributed by atoms with Crippen molar-refractivity contribution in [2.45, 2.75) is 0 Å². The lowest BCUT2D eigenvalue weighted by atomic mass is 10.3. The highest BCUT2D eigenvalue weighted by Crippen LogP contribution is 2.14. The molecular formula is C12H9FN2O2. The van der Waals surface area contributed by atoms with Crippen LogP contribution in [0, 0.1) is 15.9 Å². The van der Waals surface area contributed by atoms with Gasteiger partial charge in [0.05, 0.1) is 10.6 Å². The average molecular weight is 232 g/mol. The molecule has 0 bridgehead atoms. The van der Waals surface area contributed by atoms with Crippen molar-refractivity contribution in [1.29, 1.82) is 0 Å². The molecule has 0 spiro atoms. The van der Waals surface area contributed by atoms with Gasteiger partial charge in [-0.15, -0.1) is 0 Å². The Bertz CT molecular complexity index is 558. The molecule has 2 aromatic rings. The molecule has 0 aliphatic rings. The van der Waals surface area contributed by atoms with E-state index in [1.54, 1.807) is 35.0 Å². The van der Waals surface area contributed by atoms with Crippen molar-refractivity contribution in [3.63, 3.8) is 0 Å². The first-order valence-electron chi connectivity index (χ1n) is 4.92. The molecule has 0 atom stereocenters. The van der Waals surface area contributed by atoms with E-state index in [1.165, 1.54) is 18.2 Å². The molecule has 86 valence electrons. The zero-order chi connectivity index (χ0) is 12.3. The molecule has 4 nitrogen and oxygen atoms in total. The molecule has 0 amide bonds. The first-order valence-corrected chi connectivity index (χ1v) is 4.92. The van der Waals surface area contributed by atoms with Gasteiger partial charge in [-0.05, 0) is 36.4 Å². The summed E-state index contributed by atoms with van der Waals surface area (Å²) in [6, 6.07) is 9.41. The molecule has 0 saturated heterocycles. The minimum atomic E-state index is -0.526. The molecule has 0 aliphatic heterocycles. The van der Waals surface area contributed by atoms with E-state index in [-0.39, 0.29) is 5.82 Å². The lowest BCUT2D eigenvalue weighted by Gasteiger charge is -2.05. The molecule has 5 heteroatoms. The summed E-state index contributed by atoms with van der Waals surface area (Å²) in [6.45, 7) is 0. The molecule has 0 fully saturated rings. The normalized spacial score (nSPS) is 10.9. The zero-order valence-corrected chi connectivity index (χ0v) is 8.79. The number of nitro groups is 1. The van der Waals surface area contributed by atoms with Crippen LogP contribution < -0.4 is 0 Å². The predicted molar refractivity (Wildman–Crippen MR) is 61.8 cm³/mol. The topological polar surface area (TPSA) is 48.1 Å². The van der Waals surface area contributed by atoms with Gasteiger partial charge in [0.25, 0.3) is 0 Å². The maximum Gasteiger partial charge on any atom is 0.236 e. The molecule has 0 aliphatic carbocycles. The molecule has 1 aromatic heterocycles. The Morgan fingerprint density at radius 3 is 2.59 bits per heavy atom. The van der Waals surface area contributed by atoms with Crippen LogP contribution in [0.15, 0.2) is 48.8 Å². The second kappa shape index (κ2) is 4.61. The summed E-state index contributed by atoms with van der Waals surface area (Å²) in [5.41, 5.74) is 1.41. The van der Waals surface area contributed by atoms with Crippen LogP contribution in [0.3, 0.4) is 0 Å². The summed E-state index contributed by atoms with van der Waals surface area (Å²) in [7, 11) is 0. The Balaban J connectivity index is 2.36. The number of aromatic nitrogens is 1. The van der Waals surface area contributed by atoms with Gasteiger partial charge in [0.15, 0.2) is 0 Å². The number of hydrogen-bond acceptors (Lipinski definition) is 2. The lowest BCUT2D eigenvalue weighted by Crippen LogP contribution is -1.95. The van der Waals surface area contributed by atoms with E-state index in [2.05, 4.69) is 0 Å². The fraction of sp³-hybridized carbons (Fsp3) is 0. The first-order chi connectivity index (χ1) is 8.16. The van der Waals surface area contributed by atoms with Crippen LogP contribution in [0.2, 0.25) is 0 Å². The van der Waals surface area contributed by atoms with Crippen molar-refractivity contribution in [2.75, 3.05) is 0 Å². The monoisotopic (exact) mass is 232 g/mol. The van der Waals surface area contributed by atoms with Crippen LogP contribution >= 0.6 is 0 Å². The smallest absolute Gasteiger partial charge is 0.236 e. The quantitative estimate of drug-likeness (QED) is 0.603. The zero-order valence-electron chi connectivity index (χ0n) is 8.79. The van der Waals surface area contributed by atoms with E-state index in [1.807, 2.05) is 0 Å². The molecular weight excluding hydrogens is 223 g/mol. The van der Waals surface area contributed by atoms with Gasteiger partial charge in [-0.3, -0.25) is 10.1 Å². The van der Waals surface area contributed by atoms with Crippen molar-refractivity contribution in [3.8, 4) is 5.69 Å². The highest BCUT2D eigenvalue weighted by Gasteiger charge is 2.01. The summed E-state index contributed by atoms with van der Waals surface area (Å²) < 4.78 is 14.5. The van der Waals surface area contributed by atoms with Crippen molar-refractivity contribution in [3.05, 3.63) is 70.4 Å². The van der Waals surface area contributed by atoms with Gasteiger partial charge in [-0.1, -0.05) is 0 Å². The predicted octanol–water partition coefficient (Wildman–Crippen LogP) is 2.86. The summed E-state index contributed by atoms with van der Waals surface area (Å²) in [5.74, 6) is -0.316. The average Bonchev–Trinajstić information content (AvgIpc) is 2.75. The maximum absolute atomic E-state index is 12.8. The van der Waals surface area contributed by atoms with Gasteiger partial charge in [0, 0.05) is 18.0 Å². The van der Waals surface area contributed by atoms with E-state index >= 15 is 0 Å². The third kappa shape index (κ3) is 2.57. The van der Waals surface area contributed by atoms with E-state index < -0.39 is 4.92 Å². The Labute approximate surface area is 96.8 Å².